The first-order chi connectivity index (χ1) is 13.7. The van der Waals surface area contributed by atoms with Gasteiger partial charge in [0.05, 0.1) is 44.8 Å². The molecule has 1 N–H and O–H groups in total. The number of thiazole rings is 1. The minimum atomic E-state index is -0.286. The minimum absolute atomic E-state index is 0.159. The zero-order valence-corrected chi connectivity index (χ0v) is 16.4. The van der Waals surface area contributed by atoms with Crippen LogP contribution in [0.25, 0.3) is 0 Å². The molecule has 0 saturated carbocycles. The molecule has 0 aliphatic carbocycles. The lowest BCUT2D eigenvalue weighted by Crippen LogP contribution is -2.12. The Bertz CT molecular complexity index is 789. The second-order valence-corrected chi connectivity index (χ2v) is 6.73. The van der Waals surface area contributed by atoms with Crippen molar-refractivity contribution < 1.29 is 23.7 Å². The zero-order valence-electron chi connectivity index (χ0n) is 15.6. The summed E-state index contributed by atoms with van der Waals surface area (Å²) >= 11 is 1.38. The Labute approximate surface area is 167 Å². The Hall–Kier alpha value is -2.49. The average molecular weight is 405 g/mol. The molecule has 1 aromatic heterocycles. The molecule has 1 fully saturated rings. The van der Waals surface area contributed by atoms with Gasteiger partial charge in [-0.1, -0.05) is 12.1 Å². The Balaban J connectivity index is 1.45. The number of nitrogens with zero attached hydrogens (tertiary/aromatic N) is 2. The highest BCUT2D eigenvalue weighted by molar-refractivity contribution is 7.13. The van der Waals surface area contributed by atoms with E-state index in [2.05, 4.69) is 15.5 Å². The van der Waals surface area contributed by atoms with Gasteiger partial charge in [0, 0.05) is 11.8 Å². The molecule has 0 spiro atoms. The predicted molar refractivity (Wildman–Crippen MR) is 106 cm³/mol. The highest BCUT2D eigenvalue weighted by Gasteiger charge is 2.15. The third-order valence-electron chi connectivity index (χ3n) is 3.73. The largest absolute Gasteiger partial charge is 0.493 e. The SMILES string of the molecule is CCOC(=O)Cc1csc(NN=Cc2cccc(OCCC3OCCO3)c2)n1. The van der Waals surface area contributed by atoms with Gasteiger partial charge in [-0.3, -0.25) is 10.2 Å². The third-order valence-corrected chi connectivity index (χ3v) is 4.52. The standard InChI is InChI=1S/C19H23N3O5S/c1-2-24-17(23)11-15-13-28-19(21-15)22-20-12-14-4-3-5-16(10-14)25-7-6-18-26-8-9-27-18/h3-5,10,12-13,18H,2,6-9,11H2,1H3,(H,21,22). The first kappa shape index (κ1) is 20.2. The molecular formula is C19H23N3O5S. The smallest absolute Gasteiger partial charge is 0.311 e. The van der Waals surface area contributed by atoms with Crippen molar-refractivity contribution in [3.05, 3.63) is 40.9 Å². The van der Waals surface area contributed by atoms with E-state index in [-0.39, 0.29) is 18.7 Å². The lowest BCUT2D eigenvalue weighted by Gasteiger charge is -2.10. The zero-order chi connectivity index (χ0) is 19.6. The van der Waals surface area contributed by atoms with Crippen molar-refractivity contribution in [2.45, 2.75) is 26.1 Å². The summed E-state index contributed by atoms with van der Waals surface area (Å²) in [5.41, 5.74) is 4.42. The fourth-order valence-corrected chi connectivity index (χ4v) is 3.15. The van der Waals surface area contributed by atoms with Crippen LogP contribution in [0.4, 0.5) is 5.13 Å². The Kier molecular flexibility index (Phi) is 7.77. The van der Waals surface area contributed by atoms with Crippen LogP contribution in [0.15, 0.2) is 34.7 Å². The fourth-order valence-electron chi connectivity index (χ4n) is 2.49. The molecule has 1 aliphatic rings. The van der Waals surface area contributed by atoms with Gasteiger partial charge in [0.2, 0.25) is 5.13 Å². The number of carbonyl (C=O) groups excluding carboxylic acids is 1. The summed E-state index contributed by atoms with van der Waals surface area (Å²) in [4.78, 5) is 15.8. The maximum Gasteiger partial charge on any atom is 0.311 e. The van der Waals surface area contributed by atoms with Gasteiger partial charge >= 0.3 is 5.97 Å². The molecule has 2 aromatic rings. The van der Waals surface area contributed by atoms with Crippen LogP contribution in [0.5, 0.6) is 5.75 Å². The van der Waals surface area contributed by atoms with Crippen LogP contribution >= 0.6 is 11.3 Å². The molecule has 1 saturated heterocycles. The van der Waals surface area contributed by atoms with Crippen LogP contribution in [-0.2, 0) is 25.4 Å². The lowest BCUT2D eigenvalue weighted by molar-refractivity contribution is -0.142. The van der Waals surface area contributed by atoms with Gasteiger partial charge in [0.1, 0.15) is 5.75 Å². The monoisotopic (exact) mass is 405 g/mol. The van der Waals surface area contributed by atoms with Crippen LogP contribution in [0.2, 0.25) is 0 Å². The van der Waals surface area contributed by atoms with Crippen molar-refractivity contribution >= 4 is 28.7 Å². The average Bonchev–Trinajstić information content (AvgIpc) is 3.35. The maximum atomic E-state index is 11.5. The first-order valence-corrected chi connectivity index (χ1v) is 9.96. The van der Waals surface area contributed by atoms with Crippen LogP contribution in [0, 0.1) is 0 Å². The molecule has 150 valence electrons. The molecule has 1 aromatic carbocycles. The number of anilines is 1. The van der Waals surface area contributed by atoms with Crippen LogP contribution < -0.4 is 10.2 Å². The number of esters is 1. The highest BCUT2D eigenvalue weighted by Crippen LogP contribution is 2.17. The van der Waals surface area contributed by atoms with E-state index in [1.54, 1.807) is 18.5 Å². The van der Waals surface area contributed by atoms with Crippen LogP contribution in [0.3, 0.4) is 0 Å². The number of carbonyl (C=O) groups is 1. The van der Waals surface area contributed by atoms with E-state index in [4.69, 9.17) is 18.9 Å². The quantitative estimate of drug-likeness (QED) is 0.369. The van der Waals surface area contributed by atoms with Crippen molar-refractivity contribution in [3.63, 3.8) is 0 Å². The molecule has 0 amide bonds. The van der Waals surface area contributed by atoms with Crippen molar-refractivity contribution in [2.24, 2.45) is 5.10 Å². The van der Waals surface area contributed by atoms with Crippen LogP contribution in [0.1, 0.15) is 24.6 Å². The van der Waals surface area contributed by atoms with Gasteiger partial charge in [-0.2, -0.15) is 5.10 Å². The molecular weight excluding hydrogens is 382 g/mol. The van der Waals surface area contributed by atoms with E-state index in [1.165, 1.54) is 11.3 Å². The van der Waals surface area contributed by atoms with Gasteiger partial charge in [-0.05, 0) is 24.6 Å². The molecule has 2 heterocycles. The van der Waals surface area contributed by atoms with E-state index >= 15 is 0 Å². The Morgan fingerprint density at radius 2 is 2.29 bits per heavy atom. The Morgan fingerprint density at radius 3 is 3.11 bits per heavy atom. The number of ether oxygens (including phenoxy) is 4. The number of benzene rings is 1. The van der Waals surface area contributed by atoms with E-state index in [1.807, 2.05) is 24.3 Å². The van der Waals surface area contributed by atoms with Crippen molar-refractivity contribution in [3.8, 4) is 5.75 Å². The topological polar surface area (TPSA) is 91.3 Å². The van der Waals surface area contributed by atoms with E-state index in [9.17, 15) is 4.79 Å². The highest BCUT2D eigenvalue weighted by atomic mass is 32.1. The molecule has 0 unspecified atom stereocenters. The van der Waals surface area contributed by atoms with E-state index < -0.39 is 0 Å². The Morgan fingerprint density at radius 1 is 1.43 bits per heavy atom. The predicted octanol–water partition coefficient (Wildman–Crippen LogP) is 2.84. The number of aromatic nitrogens is 1. The van der Waals surface area contributed by atoms with Gasteiger partial charge in [-0.25, -0.2) is 4.98 Å². The number of hydrazone groups is 1. The first-order valence-electron chi connectivity index (χ1n) is 9.08. The third kappa shape index (κ3) is 6.59. The summed E-state index contributed by atoms with van der Waals surface area (Å²) < 4.78 is 21.4. The molecule has 28 heavy (non-hydrogen) atoms. The molecule has 0 bridgehead atoms. The van der Waals surface area contributed by atoms with Crippen molar-refractivity contribution in [2.75, 3.05) is 31.9 Å². The summed E-state index contributed by atoms with van der Waals surface area (Å²) in [7, 11) is 0. The van der Waals surface area contributed by atoms with Gasteiger partial charge in [0.15, 0.2) is 6.29 Å². The van der Waals surface area contributed by atoms with E-state index in [0.717, 1.165) is 11.3 Å². The molecule has 9 heteroatoms. The molecule has 0 atom stereocenters. The molecule has 1 aliphatic heterocycles. The number of nitrogens with one attached hydrogen (secondary N) is 1. The van der Waals surface area contributed by atoms with E-state index in [0.29, 0.717) is 43.7 Å². The van der Waals surface area contributed by atoms with Gasteiger partial charge < -0.3 is 18.9 Å². The summed E-state index contributed by atoms with van der Waals surface area (Å²) in [6.07, 6.45) is 2.37. The van der Waals surface area contributed by atoms with Crippen molar-refractivity contribution in [1.82, 2.24) is 4.98 Å². The van der Waals surface area contributed by atoms with Gasteiger partial charge in [-0.15, -0.1) is 11.3 Å². The van der Waals surface area contributed by atoms with Crippen LogP contribution in [-0.4, -0.2) is 49.9 Å². The summed E-state index contributed by atoms with van der Waals surface area (Å²) in [5, 5.41) is 6.60. The lowest BCUT2D eigenvalue weighted by atomic mass is 10.2. The number of hydrogen-bond donors (Lipinski definition) is 1. The minimum Gasteiger partial charge on any atom is -0.493 e. The molecule has 8 nitrogen and oxygen atoms in total. The fraction of sp³-hybridized carbons (Fsp3) is 0.421. The summed E-state index contributed by atoms with van der Waals surface area (Å²) in [6.45, 7) is 3.95. The number of hydrogen-bond acceptors (Lipinski definition) is 9. The second-order valence-electron chi connectivity index (χ2n) is 5.88. The number of rotatable bonds is 10. The second kappa shape index (κ2) is 10.7. The normalized spacial score (nSPS) is 14.5. The molecule has 0 radical (unpaired) electrons. The summed E-state index contributed by atoms with van der Waals surface area (Å²) in [6, 6.07) is 7.62. The van der Waals surface area contributed by atoms with Gasteiger partial charge in [0.25, 0.3) is 0 Å². The summed E-state index contributed by atoms with van der Waals surface area (Å²) in [5.74, 6) is 0.471. The maximum absolute atomic E-state index is 11.5. The molecule has 3 rings (SSSR count). The van der Waals surface area contributed by atoms with Crippen molar-refractivity contribution in [1.29, 1.82) is 0 Å².